The molecule has 2 aromatic carbocycles. The number of pyridine rings is 1. The summed E-state index contributed by atoms with van der Waals surface area (Å²) in [5.41, 5.74) is 8.77. The topological polar surface area (TPSA) is 51.4 Å². The number of hydrogen-bond acceptors (Lipinski definition) is 4. The van der Waals surface area contributed by atoms with E-state index in [0.29, 0.717) is 12.5 Å². The molecule has 0 atom stereocenters. The second-order valence-corrected chi connectivity index (χ2v) is 7.28. The number of anilines is 1. The summed E-state index contributed by atoms with van der Waals surface area (Å²) < 4.78 is 40.8. The Bertz CT molecular complexity index is 981. The maximum Gasteiger partial charge on any atom is 0.573 e. The van der Waals surface area contributed by atoms with Gasteiger partial charge in [-0.1, -0.05) is 18.2 Å². The smallest absolute Gasteiger partial charge is 0.406 e. The van der Waals surface area contributed by atoms with Gasteiger partial charge >= 0.3 is 6.36 Å². The highest BCUT2D eigenvalue weighted by molar-refractivity contribution is 5.81. The number of alkyl halides is 3. The van der Waals surface area contributed by atoms with Crippen LogP contribution >= 0.6 is 0 Å². The van der Waals surface area contributed by atoms with Gasteiger partial charge in [-0.3, -0.25) is 0 Å². The van der Waals surface area contributed by atoms with Crippen LogP contribution in [0.15, 0.2) is 54.6 Å². The molecule has 0 saturated carbocycles. The van der Waals surface area contributed by atoms with Gasteiger partial charge in [0.1, 0.15) is 11.6 Å². The molecule has 1 aromatic heterocycles. The van der Waals surface area contributed by atoms with Gasteiger partial charge in [-0.15, -0.1) is 13.2 Å². The molecule has 1 aliphatic rings. The SMILES string of the molecule is NCc1ccc2nc(N3CCC(c4ccc(OC(F)(F)F)cc4)CC3)ccc2c1. The molecular formula is C22H22F3N3O. The number of aromatic nitrogens is 1. The predicted molar refractivity (Wildman–Crippen MR) is 107 cm³/mol. The van der Waals surface area contributed by atoms with E-state index in [-0.39, 0.29) is 5.75 Å². The van der Waals surface area contributed by atoms with Crippen LogP contribution in [0.1, 0.15) is 29.9 Å². The van der Waals surface area contributed by atoms with Gasteiger partial charge in [-0.2, -0.15) is 0 Å². The van der Waals surface area contributed by atoms with E-state index < -0.39 is 6.36 Å². The normalized spacial score (nSPS) is 15.7. The molecule has 3 aromatic rings. The van der Waals surface area contributed by atoms with Gasteiger partial charge in [0.15, 0.2) is 0 Å². The van der Waals surface area contributed by atoms with E-state index in [1.807, 2.05) is 18.2 Å². The third-order valence-corrected chi connectivity index (χ3v) is 5.38. The van der Waals surface area contributed by atoms with E-state index in [2.05, 4.69) is 21.8 Å². The fraction of sp³-hybridized carbons (Fsp3) is 0.318. The van der Waals surface area contributed by atoms with Crippen molar-refractivity contribution in [2.24, 2.45) is 5.73 Å². The van der Waals surface area contributed by atoms with Crippen LogP contribution < -0.4 is 15.4 Å². The lowest BCUT2D eigenvalue weighted by molar-refractivity contribution is -0.274. The van der Waals surface area contributed by atoms with Gasteiger partial charge < -0.3 is 15.4 Å². The Kier molecular flexibility index (Phi) is 5.32. The Labute approximate surface area is 167 Å². The minimum absolute atomic E-state index is 0.183. The lowest BCUT2D eigenvalue weighted by atomic mass is 9.89. The second kappa shape index (κ2) is 7.91. The van der Waals surface area contributed by atoms with Gasteiger partial charge in [0.05, 0.1) is 5.52 Å². The third kappa shape index (κ3) is 4.62. The second-order valence-electron chi connectivity index (χ2n) is 7.28. The van der Waals surface area contributed by atoms with Gasteiger partial charge in [0.2, 0.25) is 0 Å². The molecule has 0 aliphatic carbocycles. The van der Waals surface area contributed by atoms with Crippen molar-refractivity contribution in [3.63, 3.8) is 0 Å². The fourth-order valence-corrected chi connectivity index (χ4v) is 3.85. The number of halogens is 3. The van der Waals surface area contributed by atoms with E-state index in [1.54, 1.807) is 12.1 Å². The van der Waals surface area contributed by atoms with Crippen LogP contribution in [0.4, 0.5) is 19.0 Å². The number of fused-ring (bicyclic) bond motifs is 1. The third-order valence-electron chi connectivity index (χ3n) is 5.38. The first-order chi connectivity index (χ1) is 13.9. The number of benzene rings is 2. The van der Waals surface area contributed by atoms with Crippen molar-refractivity contribution < 1.29 is 17.9 Å². The zero-order chi connectivity index (χ0) is 20.4. The lowest BCUT2D eigenvalue weighted by Gasteiger charge is -2.33. The van der Waals surface area contributed by atoms with Crippen molar-refractivity contribution in [2.45, 2.75) is 31.7 Å². The molecule has 0 unspecified atom stereocenters. The van der Waals surface area contributed by atoms with Crippen molar-refractivity contribution >= 4 is 16.7 Å². The van der Waals surface area contributed by atoms with E-state index in [9.17, 15) is 13.2 Å². The molecule has 1 saturated heterocycles. The molecule has 1 aliphatic heterocycles. The van der Waals surface area contributed by atoms with Crippen molar-refractivity contribution in [3.8, 4) is 5.75 Å². The lowest BCUT2D eigenvalue weighted by Crippen LogP contribution is -2.33. The zero-order valence-electron chi connectivity index (χ0n) is 15.8. The summed E-state index contributed by atoms with van der Waals surface area (Å²) in [6.07, 6.45) is -2.82. The first-order valence-electron chi connectivity index (χ1n) is 9.62. The van der Waals surface area contributed by atoms with Crippen LogP contribution in [0, 0.1) is 0 Å². The molecule has 2 N–H and O–H groups in total. The predicted octanol–water partition coefficient (Wildman–Crippen LogP) is 4.98. The number of rotatable bonds is 4. The Morgan fingerprint density at radius 1 is 1.00 bits per heavy atom. The molecule has 7 heteroatoms. The summed E-state index contributed by atoms with van der Waals surface area (Å²) in [6.45, 7) is 2.21. The molecule has 4 rings (SSSR count). The maximum absolute atomic E-state index is 12.3. The highest BCUT2D eigenvalue weighted by Crippen LogP contribution is 2.32. The standard InChI is InChI=1S/C22H22F3N3O/c23-22(24,25)29-19-5-2-16(3-6-19)17-9-11-28(12-10-17)21-8-4-18-13-15(14-26)1-7-20(18)27-21/h1-8,13,17H,9-12,14,26H2. The van der Waals surface area contributed by atoms with Crippen molar-refractivity contribution in [3.05, 3.63) is 65.7 Å². The number of piperidine rings is 1. The molecule has 0 spiro atoms. The largest absolute Gasteiger partial charge is 0.573 e. The number of nitrogens with two attached hydrogens (primary N) is 1. The molecule has 0 amide bonds. The zero-order valence-corrected chi connectivity index (χ0v) is 15.8. The molecule has 29 heavy (non-hydrogen) atoms. The molecule has 1 fully saturated rings. The Morgan fingerprint density at radius 2 is 1.72 bits per heavy atom. The molecule has 152 valence electrons. The molecule has 2 heterocycles. The quantitative estimate of drug-likeness (QED) is 0.670. The average Bonchev–Trinajstić information content (AvgIpc) is 2.72. The number of ether oxygens (including phenoxy) is 1. The Balaban J connectivity index is 1.41. The minimum atomic E-state index is -4.66. The minimum Gasteiger partial charge on any atom is -0.406 e. The Hall–Kier alpha value is -2.80. The maximum atomic E-state index is 12.3. The van der Waals surface area contributed by atoms with E-state index in [1.165, 1.54) is 12.1 Å². The first kappa shape index (κ1) is 19.5. The van der Waals surface area contributed by atoms with E-state index >= 15 is 0 Å². The van der Waals surface area contributed by atoms with Crippen LogP contribution in [0.25, 0.3) is 10.9 Å². The van der Waals surface area contributed by atoms with E-state index in [0.717, 1.165) is 53.8 Å². The highest BCUT2D eigenvalue weighted by atomic mass is 19.4. The van der Waals surface area contributed by atoms with Gasteiger partial charge in [0, 0.05) is 25.0 Å². The van der Waals surface area contributed by atoms with Gasteiger partial charge in [-0.25, -0.2) is 4.98 Å². The van der Waals surface area contributed by atoms with Crippen LogP contribution in [0.2, 0.25) is 0 Å². The summed E-state index contributed by atoms with van der Waals surface area (Å²) in [7, 11) is 0. The monoisotopic (exact) mass is 401 g/mol. The summed E-state index contributed by atoms with van der Waals surface area (Å²) in [6, 6.07) is 16.4. The molecular weight excluding hydrogens is 379 g/mol. The average molecular weight is 401 g/mol. The summed E-state index contributed by atoms with van der Waals surface area (Å²) >= 11 is 0. The summed E-state index contributed by atoms with van der Waals surface area (Å²) in [4.78, 5) is 7.04. The van der Waals surface area contributed by atoms with Crippen LogP contribution in [-0.4, -0.2) is 24.4 Å². The fourth-order valence-electron chi connectivity index (χ4n) is 3.85. The van der Waals surface area contributed by atoms with Crippen LogP contribution in [0.5, 0.6) is 5.75 Å². The Morgan fingerprint density at radius 3 is 2.38 bits per heavy atom. The molecule has 0 radical (unpaired) electrons. The number of hydrogen-bond donors (Lipinski definition) is 1. The first-order valence-corrected chi connectivity index (χ1v) is 9.62. The van der Waals surface area contributed by atoms with Gasteiger partial charge in [0.25, 0.3) is 0 Å². The summed E-state index contributed by atoms with van der Waals surface area (Å²) in [5, 5.41) is 1.08. The van der Waals surface area contributed by atoms with Gasteiger partial charge in [-0.05, 0) is 66.3 Å². The van der Waals surface area contributed by atoms with Crippen molar-refractivity contribution in [1.82, 2.24) is 4.98 Å². The van der Waals surface area contributed by atoms with Crippen molar-refractivity contribution in [1.29, 1.82) is 0 Å². The highest BCUT2D eigenvalue weighted by Gasteiger charge is 2.31. The van der Waals surface area contributed by atoms with Crippen molar-refractivity contribution in [2.75, 3.05) is 18.0 Å². The number of nitrogens with zero attached hydrogens (tertiary/aromatic N) is 2. The summed E-state index contributed by atoms with van der Waals surface area (Å²) in [5.74, 6) is 1.08. The molecule has 0 bridgehead atoms. The van der Waals surface area contributed by atoms with Crippen LogP contribution in [-0.2, 0) is 6.54 Å². The molecule has 4 nitrogen and oxygen atoms in total. The van der Waals surface area contributed by atoms with Crippen LogP contribution in [0.3, 0.4) is 0 Å². The van der Waals surface area contributed by atoms with E-state index in [4.69, 9.17) is 10.7 Å².